The number of nitrogens with two attached hydrogens (primary N) is 1. The van der Waals surface area contributed by atoms with Crippen molar-refractivity contribution in [3.8, 4) is 0 Å². The summed E-state index contributed by atoms with van der Waals surface area (Å²) in [6.45, 7) is 2.40. The van der Waals surface area contributed by atoms with Crippen LogP contribution >= 0.6 is 0 Å². The molecule has 2 aliphatic rings. The molecular formula is C17H28FN7O2S. The third-order valence-electron chi connectivity index (χ3n) is 5.16. The minimum atomic E-state index is -3.12. The summed E-state index contributed by atoms with van der Waals surface area (Å²) in [6.07, 6.45) is 6.20. The van der Waals surface area contributed by atoms with Crippen LogP contribution in [0.2, 0.25) is 0 Å². The SMILES string of the molecule is CC1=CNC(Nc2cnn(C)c2)=NC1(N)C[C@H]1C[C@H](F)CN1CCS(C)(=O)=O. The standard InChI is InChI=1S/C17H28FN7O2S/c1-12-8-20-16(22-14-9-21-24(2)11-14)23-17(12,19)7-15-6-13(18)10-25(15)4-5-28(3,26)27/h8-9,11,13,15H,4-7,10,19H2,1-3H3,(H2,20,22,23)/t13-,15+,17?/m0/s1. The van der Waals surface area contributed by atoms with Gasteiger partial charge in [0.05, 0.1) is 17.6 Å². The van der Waals surface area contributed by atoms with E-state index in [9.17, 15) is 12.8 Å². The predicted molar refractivity (Wildman–Crippen MR) is 107 cm³/mol. The summed E-state index contributed by atoms with van der Waals surface area (Å²) in [5.41, 5.74) is 7.19. The van der Waals surface area contributed by atoms with Crippen LogP contribution in [0.5, 0.6) is 0 Å². The van der Waals surface area contributed by atoms with Gasteiger partial charge in [-0.3, -0.25) is 9.58 Å². The third kappa shape index (κ3) is 5.09. The van der Waals surface area contributed by atoms with E-state index < -0.39 is 21.7 Å². The van der Waals surface area contributed by atoms with E-state index in [4.69, 9.17) is 5.73 Å². The number of aromatic nitrogens is 2. The van der Waals surface area contributed by atoms with Crippen molar-refractivity contribution in [1.82, 2.24) is 20.0 Å². The van der Waals surface area contributed by atoms with E-state index in [0.29, 0.717) is 25.3 Å². The maximum atomic E-state index is 14.1. The minimum Gasteiger partial charge on any atom is -0.333 e. The molecule has 0 bridgehead atoms. The smallest absolute Gasteiger partial charge is 0.202 e. The Morgan fingerprint density at radius 3 is 2.89 bits per heavy atom. The van der Waals surface area contributed by atoms with E-state index in [0.717, 1.165) is 11.3 Å². The summed E-state index contributed by atoms with van der Waals surface area (Å²) in [4.78, 5) is 6.51. The number of nitrogens with one attached hydrogen (secondary N) is 2. The Kier molecular flexibility index (Phi) is 5.78. The summed E-state index contributed by atoms with van der Waals surface area (Å²) < 4.78 is 38.7. The van der Waals surface area contributed by atoms with Gasteiger partial charge in [-0.05, 0) is 18.9 Å². The second-order valence-electron chi connectivity index (χ2n) is 7.70. The first-order valence-corrected chi connectivity index (χ1v) is 11.2. The molecule has 3 rings (SSSR count). The highest BCUT2D eigenvalue weighted by atomic mass is 32.2. The second kappa shape index (κ2) is 7.80. The molecule has 4 N–H and O–H groups in total. The highest BCUT2D eigenvalue weighted by Crippen LogP contribution is 2.31. The Bertz CT molecular complexity index is 882. The van der Waals surface area contributed by atoms with Gasteiger partial charge in [0.2, 0.25) is 5.96 Å². The lowest BCUT2D eigenvalue weighted by atomic mass is 9.92. The quantitative estimate of drug-likeness (QED) is 0.610. The van der Waals surface area contributed by atoms with E-state index in [1.54, 1.807) is 17.1 Å². The van der Waals surface area contributed by atoms with Gasteiger partial charge in [-0.15, -0.1) is 0 Å². The minimum absolute atomic E-state index is 0.00124. The average Bonchev–Trinajstić information content (AvgIpc) is 3.13. The zero-order chi connectivity index (χ0) is 20.5. The summed E-state index contributed by atoms with van der Waals surface area (Å²) in [5, 5.41) is 10.3. The lowest BCUT2D eigenvalue weighted by Crippen LogP contribution is -2.50. The number of likely N-dealkylation sites (tertiary alicyclic amines) is 1. The zero-order valence-corrected chi connectivity index (χ0v) is 17.2. The number of anilines is 1. The Labute approximate surface area is 164 Å². The molecule has 0 amide bonds. The summed E-state index contributed by atoms with van der Waals surface area (Å²) >= 11 is 0. The first kappa shape index (κ1) is 20.7. The number of hydrogen-bond acceptors (Lipinski definition) is 8. The van der Waals surface area contributed by atoms with E-state index in [2.05, 4.69) is 20.7 Å². The molecule has 3 atom stereocenters. The lowest BCUT2D eigenvalue weighted by molar-refractivity contribution is 0.223. The normalized spacial score (nSPS) is 28.6. The molecule has 0 radical (unpaired) electrons. The van der Waals surface area contributed by atoms with E-state index >= 15 is 0 Å². The molecule has 0 spiro atoms. The van der Waals surface area contributed by atoms with Crippen LogP contribution in [0.15, 0.2) is 29.2 Å². The van der Waals surface area contributed by atoms with Gasteiger partial charge in [0.15, 0.2) is 0 Å². The zero-order valence-electron chi connectivity index (χ0n) is 16.4. The van der Waals surface area contributed by atoms with Crippen molar-refractivity contribution in [1.29, 1.82) is 0 Å². The molecule has 1 aromatic rings. The number of sulfone groups is 1. The van der Waals surface area contributed by atoms with Crippen LogP contribution in [0.4, 0.5) is 10.1 Å². The molecule has 1 fully saturated rings. The number of guanidine groups is 1. The maximum Gasteiger partial charge on any atom is 0.202 e. The number of nitrogens with zero attached hydrogens (tertiary/aromatic N) is 4. The largest absolute Gasteiger partial charge is 0.333 e. The topological polar surface area (TPSA) is 118 Å². The fourth-order valence-electron chi connectivity index (χ4n) is 3.57. The highest BCUT2D eigenvalue weighted by molar-refractivity contribution is 7.90. The number of aryl methyl sites for hydroxylation is 1. The van der Waals surface area contributed by atoms with Crippen LogP contribution in [0, 0.1) is 0 Å². The first-order valence-electron chi connectivity index (χ1n) is 9.18. The van der Waals surface area contributed by atoms with E-state index in [1.807, 2.05) is 25.1 Å². The first-order chi connectivity index (χ1) is 13.0. The van der Waals surface area contributed by atoms with Crippen LogP contribution in [0.3, 0.4) is 0 Å². The monoisotopic (exact) mass is 413 g/mol. The molecule has 3 heterocycles. The van der Waals surface area contributed by atoms with Gasteiger partial charge >= 0.3 is 0 Å². The average molecular weight is 414 g/mol. The Morgan fingerprint density at radius 1 is 1.50 bits per heavy atom. The second-order valence-corrected chi connectivity index (χ2v) is 9.96. The van der Waals surface area contributed by atoms with Crippen molar-refractivity contribution in [3.05, 3.63) is 24.2 Å². The van der Waals surface area contributed by atoms with Crippen LogP contribution in [-0.2, 0) is 16.9 Å². The summed E-state index contributed by atoms with van der Waals surface area (Å²) in [5.74, 6) is 0.486. The molecule has 11 heteroatoms. The fraction of sp³-hybridized carbons (Fsp3) is 0.647. The van der Waals surface area contributed by atoms with Crippen LogP contribution in [0.25, 0.3) is 0 Å². The molecule has 1 aromatic heterocycles. The molecule has 0 aliphatic carbocycles. The number of halogens is 1. The summed E-state index contributed by atoms with van der Waals surface area (Å²) in [7, 11) is -1.30. The van der Waals surface area contributed by atoms with Gasteiger partial charge in [0.1, 0.15) is 21.7 Å². The van der Waals surface area contributed by atoms with Crippen molar-refractivity contribution >= 4 is 21.5 Å². The van der Waals surface area contributed by atoms with Crippen molar-refractivity contribution in [2.45, 2.75) is 37.6 Å². The van der Waals surface area contributed by atoms with Crippen LogP contribution in [-0.4, -0.2) is 72.0 Å². The summed E-state index contributed by atoms with van der Waals surface area (Å²) in [6, 6.07) is -0.174. The number of alkyl halides is 1. The van der Waals surface area contributed by atoms with Crippen molar-refractivity contribution < 1.29 is 12.8 Å². The van der Waals surface area contributed by atoms with E-state index in [-0.39, 0.29) is 18.3 Å². The Morgan fingerprint density at radius 2 is 2.25 bits per heavy atom. The van der Waals surface area contributed by atoms with Gasteiger partial charge in [-0.1, -0.05) is 0 Å². The van der Waals surface area contributed by atoms with Crippen molar-refractivity contribution in [3.63, 3.8) is 0 Å². The number of hydrogen-bond donors (Lipinski definition) is 3. The number of rotatable bonds is 6. The molecule has 28 heavy (non-hydrogen) atoms. The van der Waals surface area contributed by atoms with Gasteiger partial charge in [-0.2, -0.15) is 5.10 Å². The Balaban J connectivity index is 1.73. The maximum absolute atomic E-state index is 14.1. The molecule has 2 aliphatic heterocycles. The van der Waals surface area contributed by atoms with Gasteiger partial charge in [0, 0.05) is 51.3 Å². The molecule has 0 saturated carbocycles. The molecule has 0 aromatic carbocycles. The fourth-order valence-corrected chi connectivity index (χ4v) is 4.13. The van der Waals surface area contributed by atoms with Crippen LogP contribution < -0.4 is 16.4 Å². The lowest BCUT2D eigenvalue weighted by Gasteiger charge is -2.35. The Hall–Kier alpha value is -1.98. The molecule has 1 saturated heterocycles. The predicted octanol–water partition coefficient (Wildman–Crippen LogP) is 0.197. The van der Waals surface area contributed by atoms with E-state index in [1.165, 1.54) is 6.26 Å². The molecule has 9 nitrogen and oxygen atoms in total. The highest BCUT2D eigenvalue weighted by Gasteiger charge is 2.40. The van der Waals surface area contributed by atoms with Gasteiger partial charge in [-0.25, -0.2) is 17.8 Å². The van der Waals surface area contributed by atoms with Gasteiger partial charge in [0.25, 0.3) is 0 Å². The van der Waals surface area contributed by atoms with Crippen LogP contribution in [0.1, 0.15) is 19.8 Å². The van der Waals surface area contributed by atoms with Gasteiger partial charge < -0.3 is 16.4 Å². The molecular weight excluding hydrogens is 385 g/mol. The van der Waals surface area contributed by atoms with Crippen molar-refractivity contribution in [2.24, 2.45) is 17.8 Å². The molecule has 1 unspecified atom stereocenters. The van der Waals surface area contributed by atoms with Crippen molar-refractivity contribution in [2.75, 3.05) is 30.4 Å². The third-order valence-corrected chi connectivity index (χ3v) is 6.08. The molecule has 156 valence electrons. The number of aliphatic imine (C=N–C) groups is 1.